The number of fused-ring (bicyclic) bond motifs is 3. The van der Waals surface area contributed by atoms with Crippen LogP contribution in [0.1, 0.15) is 46.8 Å². The number of ether oxygens (including phenoxy) is 1. The fourth-order valence-electron chi connectivity index (χ4n) is 4.07. The molecule has 0 aromatic heterocycles. The van der Waals surface area contributed by atoms with Crippen LogP contribution in [0.2, 0.25) is 10.0 Å². The lowest BCUT2D eigenvalue weighted by molar-refractivity contribution is 0.0527. The minimum absolute atomic E-state index is 0.0238. The number of carbonyl (C=O) groups is 1. The van der Waals surface area contributed by atoms with Crippen LogP contribution in [0.25, 0.3) is 0 Å². The fraction of sp³-hybridized carbons (Fsp3) is 0.286. The molecule has 134 valence electrons. The molecule has 0 spiro atoms. The van der Waals surface area contributed by atoms with E-state index in [9.17, 15) is 4.79 Å². The lowest BCUT2D eigenvalue weighted by Crippen LogP contribution is -2.30. The van der Waals surface area contributed by atoms with Crippen molar-refractivity contribution >= 4 is 34.9 Å². The van der Waals surface area contributed by atoms with Crippen LogP contribution in [0.15, 0.2) is 48.6 Å². The summed E-state index contributed by atoms with van der Waals surface area (Å²) >= 11 is 12.8. The summed E-state index contributed by atoms with van der Waals surface area (Å²) in [4.78, 5) is 12.4. The maximum Gasteiger partial charge on any atom is 0.340 e. The van der Waals surface area contributed by atoms with Gasteiger partial charge in [0.2, 0.25) is 0 Å². The second kappa shape index (κ2) is 6.98. The van der Waals surface area contributed by atoms with Gasteiger partial charge in [0.05, 0.1) is 33.9 Å². The van der Waals surface area contributed by atoms with E-state index in [2.05, 4.69) is 23.5 Å². The van der Waals surface area contributed by atoms with Gasteiger partial charge in [-0.25, -0.2) is 4.79 Å². The molecule has 1 aliphatic carbocycles. The Labute approximate surface area is 163 Å². The van der Waals surface area contributed by atoms with E-state index in [1.807, 2.05) is 25.1 Å². The standard InChI is InChI=1S/C21H19Cl2NO2/c1-2-26-21(25)16-10-4-8-14-12-6-3-7-13(12)19(24-20(14)16)15-9-5-11-17(22)18(15)23/h3-6,8-13,19,24H,2,7H2,1H3/t12-,13-,19+/m1/s1. The number of esters is 1. The molecule has 26 heavy (non-hydrogen) atoms. The lowest BCUT2D eigenvalue weighted by Gasteiger charge is -2.38. The molecule has 0 saturated carbocycles. The molecule has 0 saturated heterocycles. The van der Waals surface area contributed by atoms with Gasteiger partial charge in [-0.05, 0) is 42.5 Å². The first-order valence-corrected chi connectivity index (χ1v) is 9.54. The molecule has 4 rings (SSSR count). The zero-order valence-corrected chi connectivity index (χ0v) is 15.8. The Morgan fingerprint density at radius 2 is 1.96 bits per heavy atom. The van der Waals surface area contributed by atoms with Crippen molar-refractivity contribution in [3.05, 3.63) is 75.3 Å². The molecular weight excluding hydrogens is 369 g/mol. The van der Waals surface area contributed by atoms with Crippen LogP contribution in [-0.4, -0.2) is 12.6 Å². The van der Waals surface area contributed by atoms with Gasteiger partial charge in [0, 0.05) is 5.92 Å². The number of nitrogens with one attached hydrogen (secondary N) is 1. The molecule has 1 N–H and O–H groups in total. The molecule has 3 atom stereocenters. The molecule has 0 fully saturated rings. The Morgan fingerprint density at radius 3 is 2.77 bits per heavy atom. The number of hydrogen-bond acceptors (Lipinski definition) is 3. The largest absolute Gasteiger partial charge is 0.462 e. The smallest absolute Gasteiger partial charge is 0.340 e. The summed E-state index contributed by atoms with van der Waals surface area (Å²) in [5, 5.41) is 4.68. The van der Waals surface area contributed by atoms with E-state index in [4.69, 9.17) is 27.9 Å². The summed E-state index contributed by atoms with van der Waals surface area (Å²) in [6, 6.07) is 11.5. The maximum absolute atomic E-state index is 12.4. The van der Waals surface area contributed by atoms with Gasteiger partial charge in [-0.2, -0.15) is 0 Å². The Morgan fingerprint density at radius 1 is 1.19 bits per heavy atom. The van der Waals surface area contributed by atoms with E-state index in [1.165, 1.54) is 0 Å². The van der Waals surface area contributed by atoms with Crippen LogP contribution in [-0.2, 0) is 4.74 Å². The van der Waals surface area contributed by atoms with Gasteiger partial charge in [0.25, 0.3) is 0 Å². The highest BCUT2D eigenvalue weighted by Crippen LogP contribution is 2.52. The number of hydrogen-bond donors (Lipinski definition) is 1. The van der Waals surface area contributed by atoms with Crippen molar-refractivity contribution in [2.75, 3.05) is 11.9 Å². The second-order valence-electron chi connectivity index (χ2n) is 6.61. The number of carbonyl (C=O) groups excluding carboxylic acids is 1. The molecule has 2 aromatic carbocycles. The van der Waals surface area contributed by atoms with Crippen molar-refractivity contribution in [2.24, 2.45) is 5.92 Å². The van der Waals surface area contributed by atoms with Crippen molar-refractivity contribution in [3.8, 4) is 0 Å². The summed E-state index contributed by atoms with van der Waals surface area (Å²) in [6.45, 7) is 2.16. The topological polar surface area (TPSA) is 38.3 Å². The van der Waals surface area contributed by atoms with E-state index in [0.717, 1.165) is 23.2 Å². The number of rotatable bonds is 3. The molecule has 3 nitrogen and oxygen atoms in total. The first-order valence-electron chi connectivity index (χ1n) is 8.79. The Hall–Kier alpha value is -1.97. The highest BCUT2D eigenvalue weighted by Gasteiger charge is 2.40. The van der Waals surface area contributed by atoms with E-state index in [0.29, 0.717) is 28.1 Å². The van der Waals surface area contributed by atoms with Crippen LogP contribution in [0.5, 0.6) is 0 Å². The monoisotopic (exact) mass is 387 g/mol. The maximum atomic E-state index is 12.4. The van der Waals surface area contributed by atoms with Crippen LogP contribution in [0, 0.1) is 5.92 Å². The quantitative estimate of drug-likeness (QED) is 0.518. The third kappa shape index (κ3) is 2.80. The number of para-hydroxylation sites is 1. The number of allylic oxidation sites excluding steroid dienone is 2. The molecule has 0 bridgehead atoms. The highest BCUT2D eigenvalue weighted by atomic mass is 35.5. The number of halogens is 2. The van der Waals surface area contributed by atoms with Gasteiger partial charge in [-0.15, -0.1) is 0 Å². The third-order valence-electron chi connectivity index (χ3n) is 5.21. The lowest BCUT2D eigenvalue weighted by atomic mass is 9.76. The molecular formula is C21H19Cl2NO2. The minimum Gasteiger partial charge on any atom is -0.462 e. The van der Waals surface area contributed by atoms with Crippen LogP contribution >= 0.6 is 23.2 Å². The SMILES string of the molecule is CCOC(=O)c1cccc2c1N[C@H](c1cccc(Cl)c1Cl)[C@@H]1CC=C[C@@H]21. The van der Waals surface area contributed by atoms with E-state index < -0.39 is 0 Å². The average molecular weight is 388 g/mol. The van der Waals surface area contributed by atoms with Crippen molar-refractivity contribution in [1.29, 1.82) is 0 Å². The van der Waals surface area contributed by atoms with Crippen LogP contribution < -0.4 is 5.32 Å². The van der Waals surface area contributed by atoms with Gasteiger partial charge in [-0.1, -0.05) is 59.6 Å². The third-order valence-corrected chi connectivity index (χ3v) is 6.04. The average Bonchev–Trinajstić information content (AvgIpc) is 3.13. The molecule has 0 amide bonds. The van der Waals surface area contributed by atoms with Crippen molar-refractivity contribution in [2.45, 2.75) is 25.3 Å². The van der Waals surface area contributed by atoms with Gasteiger partial charge in [0.1, 0.15) is 0 Å². The van der Waals surface area contributed by atoms with Crippen LogP contribution in [0.4, 0.5) is 5.69 Å². The molecule has 0 radical (unpaired) electrons. The molecule has 1 aliphatic heterocycles. The predicted molar refractivity (Wildman–Crippen MR) is 105 cm³/mol. The predicted octanol–water partition coefficient (Wildman–Crippen LogP) is 6.00. The summed E-state index contributed by atoms with van der Waals surface area (Å²) in [5.41, 5.74) is 3.48. The Kier molecular flexibility index (Phi) is 4.68. The molecule has 2 aromatic rings. The van der Waals surface area contributed by atoms with E-state index in [1.54, 1.807) is 12.1 Å². The Balaban J connectivity index is 1.83. The van der Waals surface area contributed by atoms with Gasteiger partial charge in [-0.3, -0.25) is 0 Å². The Bertz CT molecular complexity index is 894. The zero-order valence-electron chi connectivity index (χ0n) is 14.3. The van der Waals surface area contributed by atoms with Gasteiger partial charge >= 0.3 is 5.97 Å². The molecule has 1 heterocycles. The van der Waals surface area contributed by atoms with Crippen molar-refractivity contribution in [1.82, 2.24) is 0 Å². The number of benzene rings is 2. The van der Waals surface area contributed by atoms with E-state index in [-0.39, 0.29) is 17.9 Å². The second-order valence-corrected chi connectivity index (χ2v) is 7.39. The highest BCUT2D eigenvalue weighted by molar-refractivity contribution is 6.42. The zero-order chi connectivity index (χ0) is 18.3. The minimum atomic E-state index is -0.312. The summed E-state index contributed by atoms with van der Waals surface area (Å²) in [5.74, 6) is 0.254. The van der Waals surface area contributed by atoms with Crippen molar-refractivity contribution in [3.63, 3.8) is 0 Å². The number of anilines is 1. The summed E-state index contributed by atoms with van der Waals surface area (Å²) in [7, 11) is 0. The van der Waals surface area contributed by atoms with Crippen molar-refractivity contribution < 1.29 is 9.53 Å². The van der Waals surface area contributed by atoms with E-state index >= 15 is 0 Å². The normalized spacial score (nSPS) is 23.1. The molecule has 5 heteroatoms. The fourth-order valence-corrected chi connectivity index (χ4v) is 4.49. The summed E-state index contributed by atoms with van der Waals surface area (Å²) in [6.07, 6.45) is 5.38. The first kappa shape index (κ1) is 17.4. The summed E-state index contributed by atoms with van der Waals surface area (Å²) < 4.78 is 5.25. The molecule has 0 unspecified atom stereocenters. The van der Waals surface area contributed by atoms with Gasteiger partial charge in [0.15, 0.2) is 0 Å². The first-order chi connectivity index (χ1) is 12.6. The van der Waals surface area contributed by atoms with Crippen LogP contribution in [0.3, 0.4) is 0 Å². The molecule has 2 aliphatic rings. The van der Waals surface area contributed by atoms with Gasteiger partial charge < -0.3 is 10.1 Å².